The van der Waals surface area contributed by atoms with Crippen LogP contribution in [0, 0.1) is 0 Å². The Morgan fingerprint density at radius 3 is 2.70 bits per heavy atom. The van der Waals surface area contributed by atoms with Crippen LogP contribution in [0.2, 0.25) is 0 Å². The van der Waals surface area contributed by atoms with Crippen molar-refractivity contribution in [3.8, 4) is 0 Å². The maximum absolute atomic E-state index is 12.1. The van der Waals surface area contributed by atoms with Gasteiger partial charge in [-0.25, -0.2) is 9.78 Å². The lowest BCUT2D eigenvalue weighted by Gasteiger charge is -2.25. The Morgan fingerprint density at radius 2 is 2.00 bits per heavy atom. The molecule has 5 nitrogen and oxygen atoms in total. The highest BCUT2D eigenvalue weighted by molar-refractivity contribution is 7.18. The zero-order valence-electron chi connectivity index (χ0n) is 12.9. The minimum atomic E-state index is -1.03. The summed E-state index contributed by atoms with van der Waals surface area (Å²) in [7, 11) is 0. The summed E-state index contributed by atoms with van der Waals surface area (Å²) in [5.74, 6) is -1.08. The molecule has 0 spiro atoms. The van der Waals surface area contributed by atoms with Gasteiger partial charge in [-0.3, -0.25) is 4.79 Å². The highest BCUT2D eigenvalue weighted by atomic mass is 32.1. The first-order valence-corrected chi connectivity index (χ1v) is 8.80. The van der Waals surface area contributed by atoms with E-state index in [0.29, 0.717) is 25.7 Å². The fraction of sp³-hybridized carbons (Fsp3) is 0.471. The van der Waals surface area contributed by atoms with Gasteiger partial charge in [0.2, 0.25) is 5.91 Å². The molecule has 0 atom stereocenters. The monoisotopic (exact) mass is 332 g/mol. The summed E-state index contributed by atoms with van der Waals surface area (Å²) in [5, 5.41) is 13.1. The van der Waals surface area contributed by atoms with Crippen LogP contribution in [0.25, 0.3) is 10.2 Å². The molecule has 1 aromatic carbocycles. The molecule has 6 heteroatoms. The van der Waals surface area contributed by atoms with Crippen LogP contribution in [0.1, 0.15) is 43.5 Å². The predicted molar refractivity (Wildman–Crippen MR) is 89.5 cm³/mol. The molecule has 1 saturated carbocycles. The molecule has 1 aliphatic rings. The van der Waals surface area contributed by atoms with Gasteiger partial charge in [-0.2, -0.15) is 0 Å². The first kappa shape index (κ1) is 15.9. The minimum Gasteiger partial charge on any atom is -0.480 e. The number of hydrogen-bond acceptors (Lipinski definition) is 4. The van der Waals surface area contributed by atoms with E-state index in [2.05, 4.69) is 10.3 Å². The van der Waals surface area contributed by atoms with Crippen molar-refractivity contribution in [2.75, 3.05) is 0 Å². The maximum Gasteiger partial charge on any atom is 0.329 e. The summed E-state index contributed by atoms with van der Waals surface area (Å²) in [6.07, 6.45) is 4.55. The van der Waals surface area contributed by atoms with Gasteiger partial charge in [0.05, 0.1) is 15.2 Å². The van der Waals surface area contributed by atoms with E-state index >= 15 is 0 Å². The number of rotatable bonds is 6. The maximum atomic E-state index is 12.1. The van der Waals surface area contributed by atoms with E-state index < -0.39 is 11.5 Å². The zero-order chi connectivity index (χ0) is 16.3. The minimum absolute atomic E-state index is 0.171. The molecule has 1 aliphatic carbocycles. The van der Waals surface area contributed by atoms with Crippen molar-refractivity contribution in [3.05, 3.63) is 29.3 Å². The van der Waals surface area contributed by atoms with Crippen LogP contribution >= 0.6 is 11.3 Å². The molecule has 23 heavy (non-hydrogen) atoms. The number of aliphatic carboxylic acids is 1. The number of carbonyl (C=O) groups excluding carboxylic acids is 1. The number of amides is 1. The van der Waals surface area contributed by atoms with Crippen molar-refractivity contribution < 1.29 is 14.7 Å². The molecule has 1 heterocycles. The fourth-order valence-corrected chi connectivity index (χ4v) is 4.14. The molecule has 2 aromatic rings. The summed E-state index contributed by atoms with van der Waals surface area (Å²) in [5.41, 5.74) is -0.0415. The molecule has 0 radical (unpaired) electrons. The molecule has 122 valence electrons. The van der Waals surface area contributed by atoms with E-state index in [-0.39, 0.29) is 5.91 Å². The summed E-state index contributed by atoms with van der Waals surface area (Å²) in [6.45, 7) is 0. The standard InChI is InChI=1S/C17H20N2O3S/c20-14(19-17(16(21)22)10-3-4-11-17)8-5-9-15-18-12-6-1-2-7-13(12)23-15/h1-2,6-7H,3-5,8-11H2,(H,19,20)(H,21,22). The smallest absolute Gasteiger partial charge is 0.329 e. The Labute approximate surface area is 138 Å². The second-order valence-electron chi connectivity index (χ2n) is 6.07. The Hall–Kier alpha value is -1.95. The second-order valence-corrected chi connectivity index (χ2v) is 7.19. The van der Waals surface area contributed by atoms with Crippen molar-refractivity contribution in [1.82, 2.24) is 10.3 Å². The molecule has 1 fully saturated rings. The van der Waals surface area contributed by atoms with E-state index in [4.69, 9.17) is 0 Å². The van der Waals surface area contributed by atoms with Crippen LogP contribution in [-0.2, 0) is 16.0 Å². The fourth-order valence-electron chi connectivity index (χ4n) is 3.13. The topological polar surface area (TPSA) is 79.3 Å². The van der Waals surface area contributed by atoms with Gasteiger partial charge in [0.1, 0.15) is 5.54 Å². The highest BCUT2D eigenvalue weighted by Crippen LogP contribution is 2.30. The summed E-state index contributed by atoms with van der Waals surface area (Å²) in [4.78, 5) is 28.1. The Kier molecular flexibility index (Phi) is 4.61. The zero-order valence-corrected chi connectivity index (χ0v) is 13.7. The van der Waals surface area contributed by atoms with Gasteiger partial charge >= 0.3 is 5.97 Å². The van der Waals surface area contributed by atoms with Crippen molar-refractivity contribution in [2.45, 2.75) is 50.5 Å². The molecule has 3 rings (SSSR count). The van der Waals surface area contributed by atoms with Gasteiger partial charge in [0.15, 0.2) is 0 Å². The quantitative estimate of drug-likeness (QED) is 0.852. The number of hydrogen-bond donors (Lipinski definition) is 2. The summed E-state index contributed by atoms with van der Waals surface area (Å²) in [6, 6.07) is 7.98. The lowest BCUT2D eigenvalue weighted by atomic mass is 9.97. The van der Waals surface area contributed by atoms with Crippen LogP contribution in [0.5, 0.6) is 0 Å². The first-order valence-electron chi connectivity index (χ1n) is 7.98. The van der Waals surface area contributed by atoms with Crippen molar-refractivity contribution in [2.24, 2.45) is 0 Å². The number of aryl methyl sites for hydroxylation is 1. The number of carbonyl (C=O) groups is 2. The SMILES string of the molecule is O=C(CCCc1nc2ccccc2s1)NC1(C(=O)O)CCCC1. The first-order chi connectivity index (χ1) is 11.1. The largest absolute Gasteiger partial charge is 0.480 e. The Balaban J connectivity index is 1.52. The van der Waals surface area contributed by atoms with Crippen LogP contribution in [-0.4, -0.2) is 27.5 Å². The molecule has 1 aromatic heterocycles. The third-order valence-corrected chi connectivity index (χ3v) is 5.47. The lowest BCUT2D eigenvalue weighted by Crippen LogP contribution is -2.52. The number of fused-ring (bicyclic) bond motifs is 1. The second kappa shape index (κ2) is 6.66. The number of nitrogens with one attached hydrogen (secondary N) is 1. The highest BCUT2D eigenvalue weighted by Gasteiger charge is 2.42. The number of aromatic nitrogens is 1. The van der Waals surface area contributed by atoms with Gasteiger partial charge in [0.25, 0.3) is 0 Å². The van der Waals surface area contributed by atoms with E-state index in [1.165, 1.54) is 0 Å². The van der Waals surface area contributed by atoms with Gasteiger partial charge in [-0.1, -0.05) is 25.0 Å². The average molecular weight is 332 g/mol. The van der Waals surface area contributed by atoms with Crippen LogP contribution in [0.4, 0.5) is 0 Å². The molecule has 0 saturated heterocycles. The molecule has 1 amide bonds. The molecule has 0 unspecified atom stereocenters. The molecule has 0 bridgehead atoms. The average Bonchev–Trinajstić information content (AvgIpc) is 3.14. The van der Waals surface area contributed by atoms with Crippen molar-refractivity contribution in [3.63, 3.8) is 0 Å². The number of carboxylic acid groups (broad SMARTS) is 1. The van der Waals surface area contributed by atoms with Crippen LogP contribution in [0.15, 0.2) is 24.3 Å². The number of benzene rings is 1. The van der Waals surface area contributed by atoms with E-state index in [1.54, 1.807) is 11.3 Å². The Morgan fingerprint density at radius 1 is 1.26 bits per heavy atom. The Bertz CT molecular complexity index is 686. The van der Waals surface area contributed by atoms with E-state index in [0.717, 1.165) is 34.5 Å². The van der Waals surface area contributed by atoms with Crippen molar-refractivity contribution in [1.29, 1.82) is 0 Å². The van der Waals surface area contributed by atoms with Gasteiger partial charge in [-0.15, -0.1) is 11.3 Å². The van der Waals surface area contributed by atoms with Gasteiger partial charge < -0.3 is 10.4 Å². The third-order valence-electron chi connectivity index (χ3n) is 4.38. The number of thiazole rings is 1. The summed E-state index contributed by atoms with van der Waals surface area (Å²) < 4.78 is 1.16. The molecular formula is C17H20N2O3S. The normalized spacial score (nSPS) is 16.5. The molecule has 0 aliphatic heterocycles. The van der Waals surface area contributed by atoms with Gasteiger partial charge in [-0.05, 0) is 37.8 Å². The lowest BCUT2D eigenvalue weighted by molar-refractivity contribution is -0.147. The third kappa shape index (κ3) is 3.52. The van der Waals surface area contributed by atoms with E-state index in [9.17, 15) is 14.7 Å². The van der Waals surface area contributed by atoms with Crippen molar-refractivity contribution >= 4 is 33.4 Å². The number of carboxylic acids is 1. The predicted octanol–water partition coefficient (Wildman–Crippen LogP) is 3.13. The molecule has 2 N–H and O–H groups in total. The number of para-hydroxylation sites is 1. The summed E-state index contributed by atoms with van der Waals surface area (Å²) >= 11 is 1.65. The van der Waals surface area contributed by atoms with Gasteiger partial charge in [0, 0.05) is 6.42 Å². The van der Waals surface area contributed by atoms with E-state index in [1.807, 2.05) is 24.3 Å². The molecular weight excluding hydrogens is 312 g/mol. The number of nitrogens with zero attached hydrogens (tertiary/aromatic N) is 1. The van der Waals surface area contributed by atoms with Crippen LogP contribution in [0.3, 0.4) is 0 Å². The van der Waals surface area contributed by atoms with Crippen LogP contribution < -0.4 is 5.32 Å².